The second-order valence-electron chi connectivity index (χ2n) is 7.95. The second-order valence-corrected chi connectivity index (χ2v) is 8.87. The van der Waals surface area contributed by atoms with E-state index in [4.69, 9.17) is 19.2 Å². The number of carbonyl (C=O) groups is 1. The number of fused-ring (bicyclic) bond motifs is 1. The fraction of sp³-hybridized carbons (Fsp3) is 0.385. The topological polar surface area (TPSA) is 92.0 Å². The van der Waals surface area contributed by atoms with E-state index >= 15 is 0 Å². The summed E-state index contributed by atoms with van der Waals surface area (Å²) in [5.74, 6) is 1.05. The summed E-state index contributed by atoms with van der Waals surface area (Å²) in [5.41, 5.74) is 1.09. The maximum Gasteiger partial charge on any atom is 0.347 e. The molecule has 186 valence electrons. The molecule has 0 aliphatic carbocycles. The van der Waals surface area contributed by atoms with Crippen molar-refractivity contribution in [2.24, 2.45) is 5.10 Å². The van der Waals surface area contributed by atoms with Crippen molar-refractivity contribution in [1.29, 1.82) is 0 Å². The molecule has 2 aromatic carbocycles. The van der Waals surface area contributed by atoms with Crippen molar-refractivity contribution in [3.8, 4) is 11.5 Å². The monoisotopic (exact) mass is 543 g/mol. The zero-order valence-electron chi connectivity index (χ0n) is 20.6. The summed E-state index contributed by atoms with van der Waals surface area (Å²) in [7, 11) is 0. The van der Waals surface area contributed by atoms with Gasteiger partial charge in [0.25, 0.3) is 5.56 Å². The maximum absolute atomic E-state index is 13.3. The van der Waals surface area contributed by atoms with E-state index in [1.54, 1.807) is 44.3 Å². The van der Waals surface area contributed by atoms with Crippen LogP contribution in [0.2, 0.25) is 0 Å². The van der Waals surface area contributed by atoms with E-state index in [1.807, 2.05) is 32.9 Å². The van der Waals surface area contributed by atoms with Gasteiger partial charge in [-0.1, -0.05) is 29.8 Å². The summed E-state index contributed by atoms with van der Waals surface area (Å²) in [6, 6.07) is 10.7. The van der Waals surface area contributed by atoms with Crippen molar-refractivity contribution in [2.75, 3.05) is 13.2 Å². The number of ether oxygens (including phenoxy) is 3. The first-order chi connectivity index (χ1) is 16.8. The Morgan fingerprint density at radius 2 is 1.89 bits per heavy atom. The van der Waals surface area contributed by atoms with E-state index in [9.17, 15) is 9.59 Å². The molecule has 35 heavy (non-hydrogen) atoms. The fourth-order valence-corrected chi connectivity index (χ4v) is 3.73. The van der Waals surface area contributed by atoms with Gasteiger partial charge in [-0.05, 0) is 69.2 Å². The first-order valence-corrected chi connectivity index (χ1v) is 12.4. The molecule has 8 nitrogen and oxygen atoms in total. The van der Waals surface area contributed by atoms with Crippen molar-refractivity contribution in [3.05, 3.63) is 62.6 Å². The van der Waals surface area contributed by atoms with Crippen LogP contribution in [-0.4, -0.2) is 41.2 Å². The minimum atomic E-state index is -0.784. The molecule has 1 heterocycles. The van der Waals surface area contributed by atoms with Crippen molar-refractivity contribution < 1.29 is 19.0 Å². The van der Waals surface area contributed by atoms with Crippen LogP contribution in [0.5, 0.6) is 11.5 Å². The Labute approximate surface area is 213 Å². The number of benzene rings is 2. The van der Waals surface area contributed by atoms with Gasteiger partial charge in [0.05, 0.1) is 30.3 Å². The highest BCUT2D eigenvalue weighted by atomic mass is 79.9. The molecule has 0 spiro atoms. The largest absolute Gasteiger partial charge is 0.490 e. The van der Waals surface area contributed by atoms with Crippen molar-refractivity contribution >= 4 is 39.0 Å². The van der Waals surface area contributed by atoms with Gasteiger partial charge in [-0.25, -0.2) is 9.78 Å². The van der Waals surface area contributed by atoms with Crippen LogP contribution in [-0.2, 0) is 9.53 Å². The summed E-state index contributed by atoms with van der Waals surface area (Å²) in [6.07, 6.45) is 1.61. The minimum absolute atomic E-state index is 0.0343. The van der Waals surface area contributed by atoms with Gasteiger partial charge < -0.3 is 14.2 Å². The number of halogens is 1. The Morgan fingerprint density at radius 3 is 2.57 bits per heavy atom. The van der Waals surface area contributed by atoms with Crippen LogP contribution in [0.3, 0.4) is 0 Å². The van der Waals surface area contributed by atoms with Crippen LogP contribution < -0.4 is 15.0 Å². The lowest BCUT2D eigenvalue weighted by Gasteiger charge is -2.17. The lowest BCUT2D eigenvalue weighted by Crippen LogP contribution is -2.26. The highest BCUT2D eigenvalue weighted by molar-refractivity contribution is 9.10. The molecule has 1 aromatic heterocycles. The van der Waals surface area contributed by atoms with E-state index in [0.717, 1.165) is 10.9 Å². The summed E-state index contributed by atoms with van der Waals surface area (Å²) >= 11 is 3.42. The molecule has 0 N–H and O–H groups in total. The summed E-state index contributed by atoms with van der Waals surface area (Å²) in [5, 5.41) is 4.98. The van der Waals surface area contributed by atoms with E-state index < -0.39 is 12.1 Å². The van der Waals surface area contributed by atoms with Crippen LogP contribution in [0.15, 0.2) is 50.8 Å². The first kappa shape index (κ1) is 26.4. The average Bonchev–Trinajstić information content (AvgIpc) is 2.84. The Hall–Kier alpha value is -3.20. The van der Waals surface area contributed by atoms with E-state index in [-0.39, 0.29) is 18.1 Å². The van der Waals surface area contributed by atoms with Gasteiger partial charge in [-0.2, -0.15) is 9.78 Å². The lowest BCUT2D eigenvalue weighted by molar-refractivity contribution is -0.150. The molecule has 0 bridgehead atoms. The van der Waals surface area contributed by atoms with E-state index in [1.165, 1.54) is 4.68 Å². The Bertz CT molecular complexity index is 1290. The minimum Gasteiger partial charge on any atom is -0.490 e. The Balaban J connectivity index is 2.00. The van der Waals surface area contributed by atoms with Gasteiger partial charge in [0, 0.05) is 10.4 Å². The van der Waals surface area contributed by atoms with Crippen LogP contribution in [0.25, 0.3) is 10.9 Å². The third-order valence-corrected chi connectivity index (χ3v) is 5.89. The predicted octanol–water partition coefficient (Wildman–Crippen LogP) is 5.28. The smallest absolute Gasteiger partial charge is 0.347 e. The Morgan fingerprint density at radius 1 is 1.11 bits per heavy atom. The quantitative estimate of drug-likeness (QED) is 0.255. The fourth-order valence-electron chi connectivity index (χ4n) is 3.37. The predicted molar refractivity (Wildman–Crippen MR) is 140 cm³/mol. The normalized spacial score (nSPS) is 13.1. The third-order valence-electron chi connectivity index (χ3n) is 5.40. The zero-order chi connectivity index (χ0) is 25.5. The average molecular weight is 544 g/mol. The molecule has 0 aliphatic rings. The lowest BCUT2D eigenvalue weighted by atomic mass is 10.1. The van der Waals surface area contributed by atoms with E-state index in [0.29, 0.717) is 40.4 Å². The first-order valence-electron chi connectivity index (χ1n) is 11.7. The Kier molecular flexibility index (Phi) is 9.03. The molecule has 0 saturated heterocycles. The summed E-state index contributed by atoms with van der Waals surface area (Å²) in [4.78, 5) is 30.0. The number of esters is 1. The molecule has 3 rings (SSSR count). The second kappa shape index (κ2) is 12.0. The van der Waals surface area contributed by atoms with Gasteiger partial charge >= 0.3 is 5.97 Å². The number of aromatic nitrogens is 2. The van der Waals surface area contributed by atoms with Crippen molar-refractivity contribution in [1.82, 2.24) is 9.66 Å². The zero-order valence-corrected chi connectivity index (χ0v) is 22.2. The molecule has 0 unspecified atom stereocenters. The molecule has 0 radical (unpaired) electrons. The molecular weight excluding hydrogens is 514 g/mol. The number of rotatable bonds is 10. The van der Waals surface area contributed by atoms with E-state index in [2.05, 4.69) is 21.0 Å². The molecule has 0 aliphatic heterocycles. The number of hydrogen-bond donors (Lipinski definition) is 0. The van der Waals surface area contributed by atoms with Gasteiger partial charge in [0.2, 0.25) is 0 Å². The maximum atomic E-state index is 13.3. The SMILES string of the molecule is CCOC(=O)[C@@H](C)Oc1ccc(C=Nn2c([C@H](C)CC)nc3ccc(Br)cc3c2=O)cc1OCC. The van der Waals surface area contributed by atoms with Crippen LogP contribution in [0.1, 0.15) is 58.3 Å². The van der Waals surface area contributed by atoms with Gasteiger partial charge in [0.15, 0.2) is 17.6 Å². The molecule has 0 fully saturated rings. The third kappa shape index (κ3) is 6.28. The van der Waals surface area contributed by atoms with Crippen LogP contribution in [0.4, 0.5) is 0 Å². The molecular formula is C26H30BrN3O5. The number of hydrogen-bond acceptors (Lipinski definition) is 7. The summed E-state index contributed by atoms with van der Waals surface area (Å²) in [6.45, 7) is 9.97. The van der Waals surface area contributed by atoms with Gasteiger partial charge in [0.1, 0.15) is 5.82 Å². The highest BCUT2D eigenvalue weighted by Gasteiger charge is 2.19. The van der Waals surface area contributed by atoms with Crippen LogP contribution in [0, 0.1) is 0 Å². The number of nitrogens with zero attached hydrogens (tertiary/aromatic N) is 3. The van der Waals surface area contributed by atoms with Gasteiger partial charge in [-0.15, -0.1) is 0 Å². The molecule has 0 amide bonds. The van der Waals surface area contributed by atoms with Crippen molar-refractivity contribution in [3.63, 3.8) is 0 Å². The van der Waals surface area contributed by atoms with Crippen LogP contribution >= 0.6 is 15.9 Å². The number of carbonyl (C=O) groups excluding carboxylic acids is 1. The highest BCUT2D eigenvalue weighted by Crippen LogP contribution is 2.29. The van der Waals surface area contributed by atoms with Crippen molar-refractivity contribution in [2.45, 2.75) is 53.1 Å². The molecule has 9 heteroatoms. The standard InChI is InChI=1S/C26H30BrN3O5/c1-6-16(4)24-29-21-11-10-19(27)14-20(21)25(31)30(24)28-15-18-9-12-22(23(13-18)33-7-2)35-17(5)26(32)34-8-3/h9-17H,6-8H2,1-5H3/t16-,17-/m1/s1. The van der Waals surface area contributed by atoms with Gasteiger partial charge in [-0.3, -0.25) is 4.79 Å². The summed E-state index contributed by atoms with van der Waals surface area (Å²) < 4.78 is 18.6. The molecule has 0 saturated carbocycles. The molecule has 2 atom stereocenters. The molecule has 3 aromatic rings.